The van der Waals surface area contributed by atoms with Crippen LogP contribution < -0.4 is 9.47 Å². The quantitative estimate of drug-likeness (QED) is 0.541. The first-order valence-electron chi connectivity index (χ1n) is 11.5. The maximum absolute atomic E-state index is 13.0. The van der Waals surface area contributed by atoms with Gasteiger partial charge >= 0.3 is 0 Å². The maximum atomic E-state index is 13.0. The van der Waals surface area contributed by atoms with Crippen molar-refractivity contribution in [2.45, 2.75) is 45.4 Å². The van der Waals surface area contributed by atoms with Crippen LogP contribution >= 0.6 is 11.3 Å². The van der Waals surface area contributed by atoms with Crippen molar-refractivity contribution in [1.82, 2.24) is 14.7 Å². The predicted octanol–water partition coefficient (Wildman–Crippen LogP) is 4.29. The third kappa shape index (κ3) is 5.23. The van der Waals surface area contributed by atoms with Gasteiger partial charge < -0.3 is 19.1 Å². The molecule has 4 heterocycles. The summed E-state index contributed by atoms with van der Waals surface area (Å²) in [4.78, 5) is 17.2. The molecule has 2 aliphatic rings. The molecule has 0 radical (unpaired) electrons. The second-order valence-corrected chi connectivity index (χ2v) is 9.83. The van der Waals surface area contributed by atoms with E-state index in [2.05, 4.69) is 36.3 Å². The zero-order chi connectivity index (χ0) is 22.6. The van der Waals surface area contributed by atoms with Crippen molar-refractivity contribution in [3.8, 4) is 21.9 Å². The first-order chi connectivity index (χ1) is 16.2. The number of nitrogens with zero attached hydrogens (tertiary/aromatic N) is 3. The minimum Gasteiger partial charge on any atom is -0.487 e. The summed E-state index contributed by atoms with van der Waals surface area (Å²) in [5, 5.41) is 4.17. The molecular formula is C25H29N3O4S. The van der Waals surface area contributed by atoms with E-state index in [9.17, 15) is 4.79 Å². The van der Waals surface area contributed by atoms with Crippen LogP contribution in [0, 0.1) is 6.92 Å². The molecule has 0 spiro atoms. The Labute approximate surface area is 197 Å². The molecule has 1 fully saturated rings. The Morgan fingerprint density at radius 3 is 2.97 bits per heavy atom. The van der Waals surface area contributed by atoms with Gasteiger partial charge in [0.25, 0.3) is 0 Å². The summed E-state index contributed by atoms with van der Waals surface area (Å²) < 4.78 is 20.0. The lowest BCUT2D eigenvalue weighted by molar-refractivity contribution is -0.132. The molecule has 0 aliphatic carbocycles. The fraction of sp³-hybridized carbons (Fsp3) is 0.440. The first kappa shape index (κ1) is 22.0. The van der Waals surface area contributed by atoms with E-state index < -0.39 is 0 Å². The lowest BCUT2D eigenvalue weighted by Gasteiger charge is -2.24. The van der Waals surface area contributed by atoms with Gasteiger partial charge in [0.05, 0.1) is 12.6 Å². The number of rotatable bonds is 6. The van der Waals surface area contributed by atoms with Gasteiger partial charge in [0.15, 0.2) is 11.5 Å². The number of aryl methyl sites for hydroxylation is 1. The third-order valence-corrected chi connectivity index (χ3v) is 7.08. The Bertz CT molecular complexity index is 1090. The highest BCUT2D eigenvalue weighted by atomic mass is 32.1. The molecule has 1 amide bonds. The molecule has 33 heavy (non-hydrogen) atoms. The standard InChI is InChI=1S/C25H29N3O4S/c1-18-6-7-23(33-18)19-13-20-15-27(24(29)16-28-9-4-8-26-28)10-12-31-25(20)22(14-19)32-17-21-5-2-3-11-30-21/h4,6-9,13-14,21H,2-3,5,10-12,15-17H2,1H3/t21-/m1/s1. The van der Waals surface area contributed by atoms with E-state index >= 15 is 0 Å². The van der Waals surface area contributed by atoms with Gasteiger partial charge in [-0.1, -0.05) is 0 Å². The van der Waals surface area contributed by atoms with Crippen LogP contribution in [0.2, 0.25) is 0 Å². The minimum atomic E-state index is 0.0191. The molecular weight excluding hydrogens is 438 g/mol. The average molecular weight is 468 g/mol. The molecule has 0 saturated carbocycles. The van der Waals surface area contributed by atoms with E-state index in [1.165, 1.54) is 16.2 Å². The Morgan fingerprint density at radius 2 is 2.21 bits per heavy atom. The maximum Gasteiger partial charge on any atom is 0.244 e. The number of hydrogen-bond donors (Lipinski definition) is 0. The Balaban J connectivity index is 1.42. The molecule has 0 N–H and O–H groups in total. The summed E-state index contributed by atoms with van der Waals surface area (Å²) in [6, 6.07) is 10.3. The van der Waals surface area contributed by atoms with Crippen LogP contribution in [-0.4, -0.2) is 53.1 Å². The molecule has 8 heteroatoms. The fourth-order valence-corrected chi connectivity index (χ4v) is 5.14. The van der Waals surface area contributed by atoms with E-state index in [4.69, 9.17) is 14.2 Å². The van der Waals surface area contributed by atoms with Gasteiger partial charge in [0.1, 0.15) is 19.8 Å². The molecule has 7 nitrogen and oxygen atoms in total. The van der Waals surface area contributed by atoms with E-state index in [0.717, 1.165) is 42.1 Å². The summed E-state index contributed by atoms with van der Waals surface area (Å²) in [6.45, 7) is 5.04. The zero-order valence-electron chi connectivity index (χ0n) is 18.9. The van der Waals surface area contributed by atoms with E-state index in [-0.39, 0.29) is 18.6 Å². The summed E-state index contributed by atoms with van der Waals surface area (Å²) in [6.07, 6.45) is 6.90. The van der Waals surface area contributed by atoms with E-state index in [1.807, 2.05) is 11.0 Å². The fourth-order valence-electron chi connectivity index (χ4n) is 4.29. The van der Waals surface area contributed by atoms with E-state index in [1.54, 1.807) is 28.4 Å². The number of benzene rings is 1. The highest BCUT2D eigenvalue weighted by Crippen LogP contribution is 2.40. The van der Waals surface area contributed by atoms with Crippen LogP contribution in [0.3, 0.4) is 0 Å². The number of thiophene rings is 1. The largest absolute Gasteiger partial charge is 0.487 e. The topological polar surface area (TPSA) is 65.8 Å². The smallest absolute Gasteiger partial charge is 0.244 e. The van der Waals surface area contributed by atoms with Gasteiger partial charge in [0.2, 0.25) is 5.91 Å². The Morgan fingerprint density at radius 1 is 1.27 bits per heavy atom. The van der Waals surface area contributed by atoms with Crippen molar-refractivity contribution >= 4 is 17.2 Å². The summed E-state index contributed by atoms with van der Waals surface area (Å²) in [5.74, 6) is 1.48. The van der Waals surface area contributed by atoms with Crippen molar-refractivity contribution in [2.24, 2.45) is 0 Å². The van der Waals surface area contributed by atoms with Crippen LogP contribution in [0.5, 0.6) is 11.5 Å². The monoisotopic (exact) mass is 467 g/mol. The SMILES string of the molecule is Cc1ccc(-c2cc3c(c(OC[C@H]4CCCCO4)c2)OCCN(C(=O)Cn2cccn2)C3)s1. The van der Waals surface area contributed by atoms with Gasteiger partial charge in [-0.25, -0.2) is 0 Å². The number of fused-ring (bicyclic) bond motifs is 1. The van der Waals surface area contributed by atoms with E-state index in [0.29, 0.717) is 26.3 Å². The van der Waals surface area contributed by atoms with Crippen molar-refractivity contribution in [3.63, 3.8) is 0 Å². The lowest BCUT2D eigenvalue weighted by atomic mass is 10.1. The summed E-state index contributed by atoms with van der Waals surface area (Å²) in [7, 11) is 0. The number of hydrogen-bond acceptors (Lipinski definition) is 6. The van der Waals surface area contributed by atoms with Gasteiger partial charge in [-0.15, -0.1) is 11.3 Å². The zero-order valence-corrected chi connectivity index (χ0v) is 19.7. The molecule has 3 aromatic rings. The molecule has 2 aromatic heterocycles. The Kier molecular flexibility index (Phi) is 6.64. The Hall–Kier alpha value is -2.84. The second kappa shape index (κ2) is 9.97. The molecule has 1 saturated heterocycles. The molecule has 174 valence electrons. The highest BCUT2D eigenvalue weighted by molar-refractivity contribution is 7.15. The van der Waals surface area contributed by atoms with Crippen molar-refractivity contribution in [2.75, 3.05) is 26.4 Å². The number of ether oxygens (including phenoxy) is 3. The summed E-state index contributed by atoms with van der Waals surface area (Å²) >= 11 is 1.75. The highest BCUT2D eigenvalue weighted by Gasteiger charge is 2.25. The number of carbonyl (C=O) groups is 1. The first-order valence-corrected chi connectivity index (χ1v) is 12.3. The normalized spacial score (nSPS) is 18.3. The molecule has 1 aromatic carbocycles. The number of aromatic nitrogens is 2. The predicted molar refractivity (Wildman–Crippen MR) is 127 cm³/mol. The molecule has 0 bridgehead atoms. The third-order valence-electron chi connectivity index (χ3n) is 6.03. The van der Waals surface area contributed by atoms with Crippen LogP contribution in [-0.2, 0) is 22.6 Å². The molecule has 1 atom stereocenters. The lowest BCUT2D eigenvalue weighted by Crippen LogP contribution is -2.35. The molecule has 0 unspecified atom stereocenters. The number of amides is 1. The van der Waals surface area contributed by atoms with Crippen LogP contribution in [0.4, 0.5) is 0 Å². The number of carbonyl (C=O) groups excluding carboxylic acids is 1. The van der Waals surface area contributed by atoms with Crippen LogP contribution in [0.25, 0.3) is 10.4 Å². The summed E-state index contributed by atoms with van der Waals surface area (Å²) in [5.41, 5.74) is 2.04. The van der Waals surface area contributed by atoms with Crippen molar-refractivity contribution in [1.29, 1.82) is 0 Å². The van der Waals surface area contributed by atoms with Crippen molar-refractivity contribution < 1.29 is 19.0 Å². The second-order valence-electron chi connectivity index (χ2n) is 8.54. The molecule has 2 aliphatic heterocycles. The van der Waals surface area contributed by atoms with Gasteiger partial charge in [-0.05, 0) is 62.1 Å². The van der Waals surface area contributed by atoms with Crippen molar-refractivity contribution in [3.05, 3.63) is 53.2 Å². The van der Waals surface area contributed by atoms with Crippen LogP contribution in [0.15, 0.2) is 42.7 Å². The van der Waals surface area contributed by atoms with Gasteiger partial charge in [-0.3, -0.25) is 9.48 Å². The van der Waals surface area contributed by atoms with Gasteiger partial charge in [0, 0.05) is 40.9 Å². The van der Waals surface area contributed by atoms with Crippen LogP contribution in [0.1, 0.15) is 29.7 Å². The molecule has 5 rings (SSSR count). The minimum absolute atomic E-state index is 0.0191. The van der Waals surface area contributed by atoms with Gasteiger partial charge in [-0.2, -0.15) is 5.10 Å². The average Bonchev–Trinajstić information content (AvgIpc) is 3.45.